The van der Waals surface area contributed by atoms with Gasteiger partial charge in [0.1, 0.15) is 0 Å². The van der Waals surface area contributed by atoms with Gasteiger partial charge >= 0.3 is 0 Å². The van der Waals surface area contributed by atoms with Gasteiger partial charge in [-0.3, -0.25) is 0 Å². The van der Waals surface area contributed by atoms with E-state index in [0.29, 0.717) is 6.54 Å². The summed E-state index contributed by atoms with van der Waals surface area (Å²) >= 11 is 0. The molecule has 3 heteroatoms. The molecule has 1 fully saturated rings. The van der Waals surface area contributed by atoms with Crippen LogP contribution in [0.4, 0.5) is 0 Å². The third-order valence-corrected chi connectivity index (χ3v) is 2.33. The highest BCUT2D eigenvalue weighted by atomic mass is 16.3. The topological polar surface area (TPSA) is 35.2 Å². The quantitative estimate of drug-likeness (QED) is 0.611. The van der Waals surface area contributed by atoms with Crippen LogP contribution in [-0.4, -0.2) is 44.2 Å². The van der Waals surface area contributed by atoms with E-state index in [0.717, 1.165) is 13.1 Å². The highest BCUT2D eigenvalue weighted by Gasteiger charge is 2.08. The first-order valence-electron chi connectivity index (χ1n) is 4.94. The molecule has 1 rings (SSSR count). The van der Waals surface area contributed by atoms with Crippen LogP contribution >= 0.6 is 0 Å². The molecule has 0 bridgehead atoms. The molecule has 1 aliphatic heterocycles. The van der Waals surface area contributed by atoms with Crippen LogP contribution in [0.5, 0.6) is 0 Å². The Bertz CT molecular complexity index is 103. The molecule has 3 nitrogen and oxygen atoms in total. The van der Waals surface area contributed by atoms with Crippen molar-refractivity contribution in [3.8, 4) is 0 Å². The first-order valence-corrected chi connectivity index (χ1v) is 4.94. The maximum atomic E-state index is 10.1. The molecule has 0 saturated carbocycles. The molecule has 0 atom stereocenters. The van der Waals surface area contributed by atoms with E-state index in [-0.39, 0.29) is 6.61 Å². The smallest absolute Gasteiger partial charge is 0.0946 e. The fourth-order valence-corrected chi connectivity index (χ4v) is 1.62. The van der Waals surface area contributed by atoms with E-state index in [1.54, 1.807) is 0 Å². The molecule has 0 amide bonds. The minimum atomic E-state index is 0. The summed E-state index contributed by atoms with van der Waals surface area (Å²) in [6.07, 6.45) is 4.09. The molecule has 0 aromatic heterocycles. The zero-order valence-electron chi connectivity index (χ0n) is 7.72. The molecule has 1 radical (unpaired) electrons. The molecule has 12 heavy (non-hydrogen) atoms. The van der Waals surface area contributed by atoms with E-state index in [1.165, 1.54) is 32.4 Å². The predicted molar refractivity (Wildman–Crippen MR) is 48.7 cm³/mol. The van der Waals surface area contributed by atoms with Gasteiger partial charge < -0.3 is 10.2 Å². The Morgan fingerprint density at radius 1 is 1.08 bits per heavy atom. The molecular formula is C9H19N2O. The second-order valence-electron chi connectivity index (χ2n) is 3.36. The molecule has 1 saturated heterocycles. The predicted octanol–water partition coefficient (Wildman–Crippen LogP) is 0.492. The summed E-state index contributed by atoms with van der Waals surface area (Å²) in [6.45, 7) is 5.20. The SMILES string of the molecule is [O]CCNCCN1CCCCC1. The molecule has 1 heterocycles. The van der Waals surface area contributed by atoms with E-state index in [4.69, 9.17) is 0 Å². The van der Waals surface area contributed by atoms with Gasteiger partial charge in [0.2, 0.25) is 0 Å². The van der Waals surface area contributed by atoms with Crippen molar-refractivity contribution >= 4 is 0 Å². The second-order valence-corrected chi connectivity index (χ2v) is 3.36. The lowest BCUT2D eigenvalue weighted by molar-refractivity contribution is 0.188. The van der Waals surface area contributed by atoms with Gasteiger partial charge in [-0.1, -0.05) is 6.42 Å². The highest BCUT2D eigenvalue weighted by Crippen LogP contribution is 2.06. The first-order chi connectivity index (χ1) is 5.93. The zero-order valence-corrected chi connectivity index (χ0v) is 7.72. The molecule has 1 N–H and O–H groups in total. The van der Waals surface area contributed by atoms with Crippen LogP contribution in [0.2, 0.25) is 0 Å². The molecule has 0 aromatic rings. The summed E-state index contributed by atoms with van der Waals surface area (Å²) in [7, 11) is 0. The summed E-state index contributed by atoms with van der Waals surface area (Å²) in [5, 5.41) is 13.2. The first kappa shape index (κ1) is 9.96. The van der Waals surface area contributed by atoms with Gasteiger partial charge in [-0.2, -0.15) is 0 Å². The summed E-state index contributed by atoms with van der Waals surface area (Å²) in [6, 6.07) is 0. The van der Waals surface area contributed by atoms with Crippen LogP contribution in [0.1, 0.15) is 19.3 Å². The Morgan fingerprint density at radius 3 is 2.50 bits per heavy atom. The number of hydrogen-bond donors (Lipinski definition) is 1. The van der Waals surface area contributed by atoms with Crippen LogP contribution in [0.15, 0.2) is 0 Å². The monoisotopic (exact) mass is 171 g/mol. The third kappa shape index (κ3) is 4.04. The lowest BCUT2D eigenvalue weighted by atomic mass is 10.1. The molecule has 0 spiro atoms. The summed E-state index contributed by atoms with van der Waals surface area (Å²) in [5.41, 5.74) is 0. The maximum Gasteiger partial charge on any atom is 0.0946 e. The standard InChI is InChI=1S/C9H19N2O/c12-9-5-10-4-8-11-6-2-1-3-7-11/h10H,1-9H2. The molecule has 1 aliphatic rings. The van der Waals surface area contributed by atoms with Crippen molar-refractivity contribution in [2.75, 3.05) is 39.3 Å². The fraction of sp³-hybridized carbons (Fsp3) is 1.00. The summed E-state index contributed by atoms with van der Waals surface area (Å²) in [4.78, 5) is 2.47. The second kappa shape index (κ2) is 6.40. The van der Waals surface area contributed by atoms with Gasteiger partial charge in [0.15, 0.2) is 0 Å². The van der Waals surface area contributed by atoms with Crippen LogP contribution in [0, 0.1) is 0 Å². The Kier molecular flexibility index (Phi) is 5.32. The average molecular weight is 171 g/mol. The van der Waals surface area contributed by atoms with Gasteiger partial charge in [-0.05, 0) is 25.9 Å². The van der Waals surface area contributed by atoms with Crippen molar-refractivity contribution in [1.82, 2.24) is 10.2 Å². The van der Waals surface area contributed by atoms with Crippen molar-refractivity contribution in [3.05, 3.63) is 0 Å². The van der Waals surface area contributed by atoms with Gasteiger partial charge in [-0.15, -0.1) is 0 Å². The number of rotatable bonds is 5. The van der Waals surface area contributed by atoms with Crippen molar-refractivity contribution in [2.45, 2.75) is 19.3 Å². The van der Waals surface area contributed by atoms with Crippen molar-refractivity contribution in [2.24, 2.45) is 0 Å². The lowest BCUT2D eigenvalue weighted by Gasteiger charge is -2.26. The minimum Gasteiger partial charge on any atom is -0.313 e. The number of likely N-dealkylation sites (tertiary alicyclic amines) is 1. The third-order valence-electron chi connectivity index (χ3n) is 2.33. The Morgan fingerprint density at radius 2 is 1.83 bits per heavy atom. The van der Waals surface area contributed by atoms with E-state index < -0.39 is 0 Å². The molecular weight excluding hydrogens is 152 g/mol. The van der Waals surface area contributed by atoms with Crippen LogP contribution in [0.3, 0.4) is 0 Å². The highest BCUT2D eigenvalue weighted by molar-refractivity contribution is 4.65. The van der Waals surface area contributed by atoms with Crippen LogP contribution < -0.4 is 5.32 Å². The average Bonchev–Trinajstić information content (AvgIpc) is 2.14. The molecule has 0 aromatic carbocycles. The van der Waals surface area contributed by atoms with E-state index in [9.17, 15) is 5.11 Å². The maximum absolute atomic E-state index is 10.1. The Balaban J connectivity index is 1.91. The molecule has 71 valence electrons. The molecule has 0 aliphatic carbocycles. The molecule has 0 unspecified atom stereocenters. The van der Waals surface area contributed by atoms with Crippen molar-refractivity contribution in [1.29, 1.82) is 0 Å². The van der Waals surface area contributed by atoms with Crippen molar-refractivity contribution < 1.29 is 5.11 Å². The number of nitrogens with zero attached hydrogens (tertiary/aromatic N) is 1. The normalized spacial score (nSPS) is 19.8. The van der Waals surface area contributed by atoms with E-state index in [1.807, 2.05) is 0 Å². The number of nitrogens with one attached hydrogen (secondary N) is 1. The zero-order chi connectivity index (χ0) is 8.65. The summed E-state index contributed by atoms with van der Waals surface area (Å²) in [5.74, 6) is 0. The number of piperidine rings is 1. The van der Waals surface area contributed by atoms with Crippen molar-refractivity contribution in [3.63, 3.8) is 0 Å². The Labute approximate surface area is 74.8 Å². The van der Waals surface area contributed by atoms with Crippen LogP contribution in [0.25, 0.3) is 0 Å². The number of hydrogen-bond acceptors (Lipinski definition) is 2. The lowest BCUT2D eigenvalue weighted by Crippen LogP contribution is -2.36. The van der Waals surface area contributed by atoms with Crippen LogP contribution in [-0.2, 0) is 5.11 Å². The largest absolute Gasteiger partial charge is 0.313 e. The van der Waals surface area contributed by atoms with Gasteiger partial charge in [-0.25, -0.2) is 5.11 Å². The van der Waals surface area contributed by atoms with Gasteiger partial charge in [0, 0.05) is 19.6 Å². The summed E-state index contributed by atoms with van der Waals surface area (Å²) < 4.78 is 0. The van der Waals surface area contributed by atoms with E-state index >= 15 is 0 Å². The van der Waals surface area contributed by atoms with Gasteiger partial charge in [0.25, 0.3) is 0 Å². The van der Waals surface area contributed by atoms with Gasteiger partial charge in [0.05, 0.1) is 6.61 Å². The Hall–Kier alpha value is -0.120. The van der Waals surface area contributed by atoms with E-state index in [2.05, 4.69) is 10.2 Å². The fourth-order valence-electron chi connectivity index (χ4n) is 1.62. The minimum absolute atomic E-state index is 0.